The summed E-state index contributed by atoms with van der Waals surface area (Å²) in [6.45, 7) is 6.62. The number of phenolic OH excluding ortho intramolecular Hbond substituents is 1. The van der Waals surface area contributed by atoms with Crippen molar-refractivity contribution in [1.82, 2.24) is 15.0 Å². The Morgan fingerprint density at radius 1 is 0.862 bits per heavy atom. The van der Waals surface area contributed by atoms with Crippen LogP contribution in [0.1, 0.15) is 89.2 Å². The van der Waals surface area contributed by atoms with Gasteiger partial charge >= 0.3 is 0 Å². The van der Waals surface area contributed by atoms with E-state index < -0.39 is 0 Å². The number of unbranched alkanes of at least 4 members (excludes halogenated alkanes) is 7. The Kier molecular flexibility index (Phi) is 7.68. The predicted molar refractivity (Wildman–Crippen MR) is 121 cm³/mol. The molecule has 3 rings (SSSR count). The van der Waals surface area contributed by atoms with Gasteiger partial charge in [-0.15, -0.1) is 15.0 Å². The van der Waals surface area contributed by atoms with Crippen LogP contribution >= 0.6 is 0 Å². The molecule has 0 fully saturated rings. The highest BCUT2D eigenvalue weighted by molar-refractivity contribution is 5.73. The van der Waals surface area contributed by atoms with Crippen molar-refractivity contribution in [1.29, 1.82) is 0 Å². The van der Waals surface area contributed by atoms with Crippen LogP contribution in [0.4, 0.5) is 0 Å². The molecule has 3 aromatic rings. The van der Waals surface area contributed by atoms with Crippen LogP contribution in [-0.2, 0) is 6.42 Å². The third kappa shape index (κ3) is 5.59. The molecule has 0 amide bonds. The number of aromatic nitrogens is 3. The molecular weight excluding hydrogens is 358 g/mol. The summed E-state index contributed by atoms with van der Waals surface area (Å²) in [5.74, 6) is 0.703. The van der Waals surface area contributed by atoms with E-state index in [-0.39, 0.29) is 0 Å². The molecule has 0 atom stereocenters. The normalized spacial score (nSPS) is 11.6. The lowest BCUT2D eigenvalue weighted by molar-refractivity contribution is 0.458. The van der Waals surface area contributed by atoms with Gasteiger partial charge in [0.1, 0.15) is 22.5 Å². The van der Waals surface area contributed by atoms with E-state index in [0.717, 1.165) is 29.4 Å². The van der Waals surface area contributed by atoms with Gasteiger partial charge in [0.15, 0.2) is 0 Å². The number of rotatable bonds is 11. The van der Waals surface area contributed by atoms with E-state index >= 15 is 0 Å². The van der Waals surface area contributed by atoms with E-state index in [4.69, 9.17) is 0 Å². The van der Waals surface area contributed by atoms with Crippen molar-refractivity contribution >= 4 is 11.0 Å². The molecular formula is C25H35N3O. The lowest BCUT2D eigenvalue weighted by atomic mass is 9.96. The van der Waals surface area contributed by atoms with Gasteiger partial charge in [-0.3, -0.25) is 0 Å². The Balaban J connectivity index is 1.72. The maximum atomic E-state index is 11.0. The summed E-state index contributed by atoms with van der Waals surface area (Å²) < 4.78 is 0. The molecule has 156 valence electrons. The van der Waals surface area contributed by atoms with Crippen molar-refractivity contribution in [2.24, 2.45) is 0 Å². The molecule has 0 bridgehead atoms. The quantitative estimate of drug-likeness (QED) is 0.359. The number of aryl methyl sites for hydroxylation is 1. The average molecular weight is 394 g/mol. The van der Waals surface area contributed by atoms with Crippen LogP contribution in [0.15, 0.2) is 36.4 Å². The molecule has 1 heterocycles. The Hall–Kier alpha value is -2.36. The van der Waals surface area contributed by atoms with Gasteiger partial charge in [0, 0.05) is 0 Å². The fourth-order valence-corrected chi connectivity index (χ4v) is 3.80. The molecule has 0 spiro atoms. The zero-order valence-corrected chi connectivity index (χ0v) is 18.2. The number of hydrogen-bond donors (Lipinski definition) is 1. The van der Waals surface area contributed by atoms with Gasteiger partial charge < -0.3 is 5.11 Å². The van der Waals surface area contributed by atoms with Crippen LogP contribution in [0, 0.1) is 0 Å². The van der Waals surface area contributed by atoms with Gasteiger partial charge in [-0.25, -0.2) is 0 Å². The molecule has 4 nitrogen and oxygen atoms in total. The summed E-state index contributed by atoms with van der Waals surface area (Å²) in [6.07, 6.45) is 11.2. The Bertz CT molecular complexity index is 881. The highest BCUT2D eigenvalue weighted by Gasteiger charge is 2.15. The zero-order chi connectivity index (χ0) is 20.6. The van der Waals surface area contributed by atoms with E-state index in [1.807, 2.05) is 30.3 Å². The molecule has 0 saturated carbocycles. The van der Waals surface area contributed by atoms with Crippen LogP contribution in [0.3, 0.4) is 0 Å². The molecule has 0 radical (unpaired) electrons. The third-order valence-electron chi connectivity index (χ3n) is 5.66. The Labute approximate surface area is 175 Å². The molecule has 29 heavy (non-hydrogen) atoms. The molecule has 0 unspecified atom stereocenters. The van der Waals surface area contributed by atoms with Crippen LogP contribution in [0.2, 0.25) is 0 Å². The first-order chi connectivity index (χ1) is 14.1. The first-order valence-electron chi connectivity index (χ1n) is 11.3. The number of benzene rings is 2. The van der Waals surface area contributed by atoms with Crippen LogP contribution < -0.4 is 0 Å². The molecule has 0 aliphatic heterocycles. The number of nitrogens with zero attached hydrogens (tertiary/aromatic N) is 3. The van der Waals surface area contributed by atoms with Crippen molar-refractivity contribution in [3.63, 3.8) is 0 Å². The monoisotopic (exact) mass is 393 g/mol. The summed E-state index contributed by atoms with van der Waals surface area (Å²) >= 11 is 0. The molecule has 0 saturated heterocycles. The molecule has 0 aliphatic carbocycles. The van der Waals surface area contributed by atoms with Gasteiger partial charge in [-0.1, -0.05) is 83.9 Å². The maximum absolute atomic E-state index is 11.0. The number of hydrogen-bond acceptors (Lipinski definition) is 3. The first-order valence-corrected chi connectivity index (χ1v) is 11.3. The predicted octanol–water partition coefficient (Wildman–Crippen LogP) is 6.93. The van der Waals surface area contributed by atoms with E-state index in [0.29, 0.717) is 17.4 Å². The van der Waals surface area contributed by atoms with Gasteiger partial charge in [0.25, 0.3) is 0 Å². The van der Waals surface area contributed by atoms with E-state index in [1.54, 1.807) is 4.80 Å². The van der Waals surface area contributed by atoms with Gasteiger partial charge in [0.05, 0.1) is 0 Å². The molecule has 0 aliphatic rings. The summed E-state index contributed by atoms with van der Waals surface area (Å²) in [4.78, 5) is 1.59. The summed E-state index contributed by atoms with van der Waals surface area (Å²) in [5.41, 5.74) is 4.59. The lowest BCUT2D eigenvalue weighted by Crippen LogP contribution is -2.03. The van der Waals surface area contributed by atoms with Crippen molar-refractivity contribution in [3.8, 4) is 11.4 Å². The fourth-order valence-electron chi connectivity index (χ4n) is 3.80. The first kappa shape index (κ1) is 21.4. The van der Waals surface area contributed by atoms with Gasteiger partial charge in [-0.05, 0) is 48.1 Å². The Morgan fingerprint density at radius 3 is 2.03 bits per heavy atom. The largest absolute Gasteiger partial charge is 0.505 e. The average Bonchev–Trinajstić information content (AvgIpc) is 3.14. The van der Waals surface area contributed by atoms with Gasteiger partial charge in [0.2, 0.25) is 0 Å². The van der Waals surface area contributed by atoms with Crippen molar-refractivity contribution < 1.29 is 5.11 Å². The number of phenols is 1. The summed E-state index contributed by atoms with van der Waals surface area (Å²) in [7, 11) is 0. The molecule has 1 aromatic heterocycles. The molecule has 1 N–H and O–H groups in total. The van der Waals surface area contributed by atoms with Crippen LogP contribution in [-0.4, -0.2) is 20.1 Å². The second-order valence-corrected chi connectivity index (χ2v) is 8.41. The highest BCUT2D eigenvalue weighted by Crippen LogP contribution is 2.32. The second kappa shape index (κ2) is 10.4. The van der Waals surface area contributed by atoms with Crippen LogP contribution in [0.25, 0.3) is 16.7 Å². The van der Waals surface area contributed by atoms with Gasteiger partial charge in [-0.2, -0.15) is 0 Å². The topological polar surface area (TPSA) is 50.9 Å². The zero-order valence-electron chi connectivity index (χ0n) is 18.2. The number of fused-ring (bicyclic) bond motifs is 1. The standard InChI is InChI=1S/C25H35N3O/c1-4-5-6-7-8-9-10-11-14-20-17-21(19(2)3)18-24(25(20)29)28-26-22-15-12-13-16-23(22)27-28/h12-13,15-19,29H,4-11,14H2,1-3H3. The van der Waals surface area contributed by atoms with E-state index in [2.05, 4.69) is 37.0 Å². The highest BCUT2D eigenvalue weighted by atomic mass is 16.3. The minimum Gasteiger partial charge on any atom is -0.505 e. The van der Waals surface area contributed by atoms with Crippen molar-refractivity contribution in [3.05, 3.63) is 47.5 Å². The van der Waals surface area contributed by atoms with E-state index in [1.165, 1.54) is 50.5 Å². The smallest absolute Gasteiger partial charge is 0.146 e. The minimum atomic E-state index is 0.317. The molecule has 4 heteroatoms. The SMILES string of the molecule is CCCCCCCCCCc1cc(C(C)C)cc(-n2nc3ccccc3n2)c1O. The van der Waals surface area contributed by atoms with Crippen molar-refractivity contribution in [2.45, 2.75) is 84.5 Å². The van der Waals surface area contributed by atoms with Crippen molar-refractivity contribution in [2.75, 3.05) is 0 Å². The number of aromatic hydroxyl groups is 1. The minimum absolute atomic E-state index is 0.317. The maximum Gasteiger partial charge on any atom is 0.146 e. The molecule has 2 aromatic carbocycles. The third-order valence-corrected chi connectivity index (χ3v) is 5.66. The van der Waals surface area contributed by atoms with Crippen LogP contribution in [0.5, 0.6) is 5.75 Å². The van der Waals surface area contributed by atoms with E-state index in [9.17, 15) is 5.11 Å². The Morgan fingerprint density at radius 2 is 1.45 bits per heavy atom. The summed E-state index contributed by atoms with van der Waals surface area (Å²) in [5, 5.41) is 20.1. The second-order valence-electron chi connectivity index (χ2n) is 8.41. The fraction of sp³-hybridized carbons (Fsp3) is 0.520. The summed E-state index contributed by atoms with van der Waals surface area (Å²) in [6, 6.07) is 12.0. The lowest BCUT2D eigenvalue weighted by Gasteiger charge is -2.14.